The molecule has 1 saturated heterocycles. The number of hydrogen-bond donors (Lipinski definition) is 0. The first kappa shape index (κ1) is 8.06. The van der Waals surface area contributed by atoms with Crippen molar-refractivity contribution in [2.45, 2.75) is 39.2 Å². The molecule has 0 saturated carbocycles. The van der Waals surface area contributed by atoms with Crippen LogP contribution in [0.1, 0.15) is 33.1 Å². The van der Waals surface area contributed by atoms with Gasteiger partial charge in [0.05, 0.1) is 0 Å². The van der Waals surface area contributed by atoms with E-state index in [-0.39, 0.29) is 0 Å². The third-order valence-corrected chi connectivity index (χ3v) is 2.87. The Hall–Kier alpha value is -0.0400. The van der Waals surface area contributed by atoms with Gasteiger partial charge >= 0.3 is 0 Å². The summed E-state index contributed by atoms with van der Waals surface area (Å²) in [6.07, 6.45) is 4.20. The molecule has 0 aromatic rings. The van der Waals surface area contributed by atoms with Gasteiger partial charge in [-0.3, -0.25) is 0 Å². The summed E-state index contributed by atoms with van der Waals surface area (Å²) in [6, 6.07) is 0.822. The van der Waals surface area contributed by atoms with E-state index in [1.165, 1.54) is 25.8 Å². The number of nitrogens with zero attached hydrogens (tertiary/aromatic N) is 1. The molecule has 1 fully saturated rings. The summed E-state index contributed by atoms with van der Waals surface area (Å²) < 4.78 is 0. The Labute approximate surface area is 64.4 Å². The maximum absolute atomic E-state index is 2.48. The minimum Gasteiger partial charge on any atom is -0.303 e. The molecule has 1 heteroatoms. The van der Waals surface area contributed by atoms with E-state index in [0.717, 1.165) is 12.0 Å². The van der Waals surface area contributed by atoms with Crippen LogP contribution in [0.4, 0.5) is 0 Å². The van der Waals surface area contributed by atoms with Gasteiger partial charge < -0.3 is 4.90 Å². The van der Waals surface area contributed by atoms with Gasteiger partial charge in [-0.2, -0.15) is 0 Å². The SMILES string of the molecule is CCC1CCC(C)N(C)C1. The number of piperidine rings is 1. The lowest BCUT2D eigenvalue weighted by Gasteiger charge is -2.34. The van der Waals surface area contributed by atoms with Gasteiger partial charge in [0.15, 0.2) is 0 Å². The third kappa shape index (κ3) is 1.72. The summed E-state index contributed by atoms with van der Waals surface area (Å²) in [4.78, 5) is 2.48. The normalized spacial score (nSPS) is 36.3. The van der Waals surface area contributed by atoms with Crippen LogP contribution in [0.25, 0.3) is 0 Å². The van der Waals surface area contributed by atoms with E-state index < -0.39 is 0 Å². The van der Waals surface area contributed by atoms with Gasteiger partial charge in [-0.05, 0) is 32.7 Å². The van der Waals surface area contributed by atoms with Crippen LogP contribution in [0, 0.1) is 5.92 Å². The Kier molecular flexibility index (Phi) is 2.72. The summed E-state index contributed by atoms with van der Waals surface area (Å²) in [5.74, 6) is 0.973. The van der Waals surface area contributed by atoms with Crippen molar-refractivity contribution in [1.29, 1.82) is 0 Å². The second kappa shape index (κ2) is 3.38. The van der Waals surface area contributed by atoms with Crippen LogP contribution in [-0.2, 0) is 0 Å². The van der Waals surface area contributed by atoms with Crippen molar-refractivity contribution in [2.24, 2.45) is 5.92 Å². The van der Waals surface area contributed by atoms with Crippen LogP contribution in [0.5, 0.6) is 0 Å². The molecule has 1 aliphatic heterocycles. The average Bonchev–Trinajstić information content (AvgIpc) is 1.95. The average molecular weight is 141 g/mol. The van der Waals surface area contributed by atoms with E-state index in [0.29, 0.717) is 0 Å². The van der Waals surface area contributed by atoms with Gasteiger partial charge in [0.1, 0.15) is 0 Å². The molecule has 0 bridgehead atoms. The predicted molar refractivity (Wildman–Crippen MR) is 45.1 cm³/mol. The first-order chi connectivity index (χ1) is 4.74. The molecule has 1 rings (SSSR count). The Balaban J connectivity index is 2.33. The second-order valence-electron chi connectivity index (χ2n) is 3.64. The van der Waals surface area contributed by atoms with Crippen LogP contribution >= 0.6 is 0 Å². The molecule has 0 aromatic heterocycles. The Morgan fingerprint density at radius 3 is 2.60 bits per heavy atom. The fraction of sp³-hybridized carbons (Fsp3) is 1.00. The van der Waals surface area contributed by atoms with Crippen molar-refractivity contribution in [1.82, 2.24) is 4.90 Å². The van der Waals surface area contributed by atoms with E-state index in [4.69, 9.17) is 0 Å². The standard InChI is InChI=1S/C9H19N/c1-4-9-6-5-8(2)10(3)7-9/h8-9H,4-7H2,1-3H3. The van der Waals surface area contributed by atoms with Crippen LogP contribution in [0.15, 0.2) is 0 Å². The van der Waals surface area contributed by atoms with Gasteiger partial charge in [-0.1, -0.05) is 13.3 Å². The molecule has 10 heavy (non-hydrogen) atoms. The molecule has 0 amide bonds. The van der Waals surface area contributed by atoms with Crippen LogP contribution < -0.4 is 0 Å². The molecule has 0 N–H and O–H groups in total. The third-order valence-electron chi connectivity index (χ3n) is 2.87. The minimum absolute atomic E-state index is 0.822. The van der Waals surface area contributed by atoms with Crippen molar-refractivity contribution in [3.8, 4) is 0 Å². The molecule has 1 aliphatic rings. The monoisotopic (exact) mass is 141 g/mol. The van der Waals surface area contributed by atoms with E-state index in [2.05, 4.69) is 25.8 Å². The molecule has 0 spiro atoms. The van der Waals surface area contributed by atoms with Gasteiger partial charge in [0.25, 0.3) is 0 Å². The van der Waals surface area contributed by atoms with Crippen molar-refractivity contribution < 1.29 is 0 Å². The lowest BCUT2D eigenvalue weighted by atomic mass is 9.92. The molecule has 60 valence electrons. The lowest BCUT2D eigenvalue weighted by Crippen LogP contribution is -2.38. The molecular formula is C9H19N. The topological polar surface area (TPSA) is 3.24 Å². The highest BCUT2D eigenvalue weighted by molar-refractivity contribution is 4.75. The maximum Gasteiger partial charge on any atom is 0.00641 e. The van der Waals surface area contributed by atoms with Crippen molar-refractivity contribution in [3.05, 3.63) is 0 Å². The molecule has 1 heterocycles. The summed E-state index contributed by atoms with van der Waals surface area (Å²) in [7, 11) is 2.24. The van der Waals surface area contributed by atoms with Gasteiger partial charge in [0, 0.05) is 12.6 Å². The van der Waals surface area contributed by atoms with Gasteiger partial charge in [-0.25, -0.2) is 0 Å². The van der Waals surface area contributed by atoms with Gasteiger partial charge in [0.2, 0.25) is 0 Å². The highest BCUT2D eigenvalue weighted by Crippen LogP contribution is 2.21. The number of hydrogen-bond acceptors (Lipinski definition) is 1. The Bertz CT molecular complexity index is 101. The fourth-order valence-corrected chi connectivity index (χ4v) is 1.71. The van der Waals surface area contributed by atoms with Gasteiger partial charge in [-0.15, -0.1) is 0 Å². The first-order valence-electron chi connectivity index (χ1n) is 4.44. The highest BCUT2D eigenvalue weighted by atomic mass is 15.1. The fourth-order valence-electron chi connectivity index (χ4n) is 1.71. The molecule has 0 radical (unpaired) electrons. The largest absolute Gasteiger partial charge is 0.303 e. The Morgan fingerprint density at radius 2 is 2.10 bits per heavy atom. The summed E-state index contributed by atoms with van der Waals surface area (Å²) in [6.45, 7) is 5.94. The zero-order chi connectivity index (χ0) is 7.56. The predicted octanol–water partition coefficient (Wildman–Crippen LogP) is 2.13. The zero-order valence-electron chi connectivity index (χ0n) is 7.43. The molecular weight excluding hydrogens is 122 g/mol. The molecule has 2 unspecified atom stereocenters. The number of rotatable bonds is 1. The second-order valence-corrected chi connectivity index (χ2v) is 3.64. The summed E-state index contributed by atoms with van der Waals surface area (Å²) in [5, 5.41) is 0. The van der Waals surface area contributed by atoms with E-state index in [1.807, 2.05) is 0 Å². The molecule has 0 aliphatic carbocycles. The van der Waals surface area contributed by atoms with Crippen molar-refractivity contribution >= 4 is 0 Å². The quantitative estimate of drug-likeness (QED) is 0.540. The van der Waals surface area contributed by atoms with E-state index in [1.54, 1.807) is 0 Å². The molecule has 1 nitrogen and oxygen atoms in total. The molecule has 2 atom stereocenters. The summed E-state index contributed by atoms with van der Waals surface area (Å²) in [5.41, 5.74) is 0. The maximum atomic E-state index is 2.48. The highest BCUT2D eigenvalue weighted by Gasteiger charge is 2.20. The molecule has 0 aromatic carbocycles. The van der Waals surface area contributed by atoms with Crippen molar-refractivity contribution in [2.75, 3.05) is 13.6 Å². The van der Waals surface area contributed by atoms with Crippen LogP contribution in [0.2, 0.25) is 0 Å². The van der Waals surface area contributed by atoms with E-state index in [9.17, 15) is 0 Å². The van der Waals surface area contributed by atoms with Crippen LogP contribution in [-0.4, -0.2) is 24.5 Å². The van der Waals surface area contributed by atoms with Crippen LogP contribution in [0.3, 0.4) is 0 Å². The smallest absolute Gasteiger partial charge is 0.00641 e. The minimum atomic E-state index is 0.822. The zero-order valence-corrected chi connectivity index (χ0v) is 7.43. The number of likely N-dealkylation sites (tertiary alicyclic amines) is 1. The Morgan fingerprint density at radius 1 is 1.40 bits per heavy atom. The lowest BCUT2D eigenvalue weighted by molar-refractivity contribution is 0.147. The first-order valence-corrected chi connectivity index (χ1v) is 4.44. The summed E-state index contributed by atoms with van der Waals surface area (Å²) >= 11 is 0. The van der Waals surface area contributed by atoms with Crippen molar-refractivity contribution in [3.63, 3.8) is 0 Å². The van der Waals surface area contributed by atoms with E-state index >= 15 is 0 Å².